The molecule has 1 saturated heterocycles. The van der Waals surface area contributed by atoms with E-state index in [1.807, 2.05) is 11.0 Å². The quantitative estimate of drug-likeness (QED) is 0.802. The van der Waals surface area contributed by atoms with E-state index in [9.17, 15) is 9.18 Å². The van der Waals surface area contributed by atoms with Crippen molar-refractivity contribution in [2.75, 3.05) is 18.0 Å². The van der Waals surface area contributed by atoms with Crippen molar-refractivity contribution in [2.45, 2.75) is 32.0 Å². The zero-order valence-corrected chi connectivity index (χ0v) is 11.3. The predicted molar refractivity (Wildman–Crippen MR) is 73.6 cm³/mol. The van der Waals surface area contributed by atoms with Gasteiger partial charge in [-0.15, -0.1) is 0 Å². The minimum absolute atomic E-state index is 0.123. The van der Waals surface area contributed by atoms with Gasteiger partial charge >= 0.3 is 0 Å². The van der Waals surface area contributed by atoms with Gasteiger partial charge in [0.15, 0.2) is 0 Å². The maximum absolute atomic E-state index is 13.8. The van der Waals surface area contributed by atoms with Gasteiger partial charge in [-0.1, -0.05) is 6.07 Å². The molecular weight excluding hydrogens is 245 g/mol. The van der Waals surface area contributed by atoms with Crippen LogP contribution in [0.2, 0.25) is 0 Å². The number of piperazine rings is 1. The molecule has 0 radical (unpaired) electrons. The van der Waals surface area contributed by atoms with Gasteiger partial charge in [0.25, 0.3) is 0 Å². The summed E-state index contributed by atoms with van der Waals surface area (Å²) in [6, 6.07) is 4.58. The van der Waals surface area contributed by atoms with E-state index in [1.165, 1.54) is 6.07 Å². The van der Waals surface area contributed by atoms with Crippen LogP contribution in [0.3, 0.4) is 0 Å². The van der Waals surface area contributed by atoms with Crippen LogP contribution in [-0.4, -0.2) is 31.0 Å². The van der Waals surface area contributed by atoms with E-state index < -0.39 is 0 Å². The molecule has 0 aromatic heterocycles. The third kappa shape index (κ3) is 2.77. The summed E-state index contributed by atoms with van der Waals surface area (Å²) in [7, 11) is 0. The molecule has 1 fully saturated rings. The van der Waals surface area contributed by atoms with E-state index in [0.717, 1.165) is 6.29 Å². The summed E-state index contributed by atoms with van der Waals surface area (Å²) in [6.07, 6.45) is 0.896. The highest BCUT2D eigenvalue weighted by Crippen LogP contribution is 2.28. The highest BCUT2D eigenvalue weighted by molar-refractivity contribution is 5.69. The van der Waals surface area contributed by atoms with E-state index in [1.54, 1.807) is 6.07 Å². The summed E-state index contributed by atoms with van der Waals surface area (Å²) in [5.74, 6) is -0.319. The smallest absolute Gasteiger partial charge is 0.143 e. The van der Waals surface area contributed by atoms with Crippen molar-refractivity contribution in [3.8, 4) is 0 Å². The molecule has 1 aliphatic rings. The number of carbonyl (C=O) groups is 1. The third-order valence-corrected chi connectivity index (χ3v) is 3.52. The summed E-state index contributed by atoms with van der Waals surface area (Å²) in [4.78, 5) is 13.2. The van der Waals surface area contributed by atoms with Crippen molar-refractivity contribution < 1.29 is 9.18 Å². The number of nitrogens with one attached hydrogen (secondary N) is 1. The standard InChI is InChI=1S/C14H20FN3O/c1-14(2)9-18(10(8-19)7-17-14)13-5-3-4-12(15)11(13)6-16/h3-5,8,10,17H,6-7,9,16H2,1-2H3. The molecular formula is C14H20FN3O. The van der Waals surface area contributed by atoms with Crippen LogP contribution in [0.25, 0.3) is 0 Å². The molecule has 1 heterocycles. The van der Waals surface area contributed by atoms with Crippen LogP contribution in [0.15, 0.2) is 18.2 Å². The first-order chi connectivity index (χ1) is 8.98. The number of hydrogen-bond acceptors (Lipinski definition) is 4. The molecule has 2 rings (SSSR count). The van der Waals surface area contributed by atoms with E-state index in [4.69, 9.17) is 5.73 Å². The molecule has 5 heteroatoms. The number of aldehydes is 1. The van der Waals surface area contributed by atoms with Gasteiger partial charge in [0, 0.05) is 36.4 Å². The lowest BCUT2D eigenvalue weighted by Crippen LogP contribution is -2.62. The largest absolute Gasteiger partial charge is 0.358 e. The Balaban J connectivity index is 2.42. The van der Waals surface area contributed by atoms with Crippen LogP contribution < -0.4 is 16.0 Å². The highest BCUT2D eigenvalue weighted by atomic mass is 19.1. The van der Waals surface area contributed by atoms with E-state index >= 15 is 0 Å². The minimum atomic E-state index is -0.319. The fraction of sp³-hybridized carbons (Fsp3) is 0.500. The lowest BCUT2D eigenvalue weighted by Gasteiger charge is -2.44. The lowest BCUT2D eigenvalue weighted by molar-refractivity contribution is -0.109. The number of halogens is 1. The molecule has 1 unspecified atom stereocenters. The molecule has 19 heavy (non-hydrogen) atoms. The molecule has 1 aromatic carbocycles. The first-order valence-electron chi connectivity index (χ1n) is 6.43. The molecule has 0 bridgehead atoms. The topological polar surface area (TPSA) is 58.4 Å². The van der Waals surface area contributed by atoms with Gasteiger partial charge in [-0.2, -0.15) is 0 Å². The van der Waals surface area contributed by atoms with Crippen molar-refractivity contribution in [1.82, 2.24) is 5.32 Å². The normalized spacial score (nSPS) is 22.3. The van der Waals surface area contributed by atoms with Gasteiger partial charge in [0.05, 0.1) is 6.04 Å². The van der Waals surface area contributed by atoms with Gasteiger partial charge < -0.3 is 20.7 Å². The van der Waals surface area contributed by atoms with Crippen molar-refractivity contribution in [1.29, 1.82) is 0 Å². The van der Waals surface area contributed by atoms with Crippen molar-refractivity contribution in [3.63, 3.8) is 0 Å². The Hall–Kier alpha value is -1.46. The number of hydrogen-bond donors (Lipinski definition) is 2. The average molecular weight is 265 g/mol. The van der Waals surface area contributed by atoms with Gasteiger partial charge in [-0.25, -0.2) is 4.39 Å². The van der Waals surface area contributed by atoms with Gasteiger partial charge in [0.1, 0.15) is 12.1 Å². The number of nitrogens with zero attached hydrogens (tertiary/aromatic N) is 1. The maximum atomic E-state index is 13.8. The fourth-order valence-electron chi connectivity index (χ4n) is 2.49. The Bertz CT molecular complexity index is 476. The SMILES string of the molecule is CC1(C)CN(c2cccc(F)c2CN)C(C=O)CN1. The number of rotatable bonds is 3. The van der Waals surface area contributed by atoms with Crippen LogP contribution in [0.4, 0.5) is 10.1 Å². The third-order valence-electron chi connectivity index (χ3n) is 3.52. The Morgan fingerprint density at radius 3 is 2.95 bits per heavy atom. The predicted octanol–water partition coefficient (Wildman–Crippen LogP) is 1.04. The Labute approximate surface area is 112 Å². The molecule has 1 aromatic rings. The molecule has 0 saturated carbocycles. The first-order valence-corrected chi connectivity index (χ1v) is 6.43. The molecule has 104 valence electrons. The average Bonchev–Trinajstić information content (AvgIpc) is 2.37. The zero-order valence-electron chi connectivity index (χ0n) is 11.3. The number of carbonyl (C=O) groups excluding carboxylic acids is 1. The summed E-state index contributed by atoms with van der Waals surface area (Å²) in [5.41, 5.74) is 6.70. The van der Waals surface area contributed by atoms with Crippen molar-refractivity contribution in [2.24, 2.45) is 5.73 Å². The monoisotopic (exact) mass is 265 g/mol. The second kappa shape index (κ2) is 5.27. The second-order valence-electron chi connectivity index (χ2n) is 5.54. The van der Waals surface area contributed by atoms with E-state index in [0.29, 0.717) is 24.3 Å². The highest BCUT2D eigenvalue weighted by Gasteiger charge is 2.33. The maximum Gasteiger partial charge on any atom is 0.143 e. The van der Waals surface area contributed by atoms with Crippen molar-refractivity contribution >= 4 is 12.0 Å². The fourth-order valence-corrected chi connectivity index (χ4v) is 2.49. The van der Waals surface area contributed by atoms with Gasteiger partial charge in [-0.05, 0) is 26.0 Å². The summed E-state index contributed by atoms with van der Waals surface area (Å²) >= 11 is 0. The van der Waals surface area contributed by atoms with Crippen LogP contribution in [0, 0.1) is 5.82 Å². The molecule has 4 nitrogen and oxygen atoms in total. The lowest BCUT2D eigenvalue weighted by atomic mass is 9.97. The van der Waals surface area contributed by atoms with Gasteiger partial charge in [-0.3, -0.25) is 0 Å². The number of nitrogens with two attached hydrogens (primary N) is 1. The Morgan fingerprint density at radius 2 is 2.32 bits per heavy atom. The summed E-state index contributed by atoms with van der Waals surface area (Å²) in [6.45, 7) is 5.42. The number of anilines is 1. The molecule has 1 atom stereocenters. The molecule has 0 spiro atoms. The van der Waals surface area contributed by atoms with Gasteiger partial charge in [0.2, 0.25) is 0 Å². The number of benzene rings is 1. The summed E-state index contributed by atoms with van der Waals surface area (Å²) < 4.78 is 13.8. The Kier molecular flexibility index (Phi) is 3.87. The minimum Gasteiger partial charge on any atom is -0.358 e. The Morgan fingerprint density at radius 1 is 1.58 bits per heavy atom. The molecule has 3 N–H and O–H groups in total. The first kappa shape index (κ1) is 14.0. The van der Waals surface area contributed by atoms with Crippen LogP contribution in [0.5, 0.6) is 0 Å². The van der Waals surface area contributed by atoms with E-state index in [-0.39, 0.29) is 23.9 Å². The summed E-state index contributed by atoms with van der Waals surface area (Å²) in [5, 5.41) is 3.31. The molecule has 0 amide bonds. The van der Waals surface area contributed by atoms with Crippen molar-refractivity contribution in [3.05, 3.63) is 29.6 Å². The van der Waals surface area contributed by atoms with Crippen LogP contribution in [-0.2, 0) is 11.3 Å². The second-order valence-corrected chi connectivity index (χ2v) is 5.54. The molecule has 1 aliphatic heterocycles. The van der Waals surface area contributed by atoms with Crippen LogP contribution >= 0.6 is 0 Å². The van der Waals surface area contributed by atoms with Crippen LogP contribution in [0.1, 0.15) is 19.4 Å². The molecule has 0 aliphatic carbocycles. The zero-order chi connectivity index (χ0) is 14.0. The van der Waals surface area contributed by atoms with E-state index in [2.05, 4.69) is 19.2 Å².